The third kappa shape index (κ3) is 3.00. The molecule has 158 valence electrons. The van der Waals surface area contributed by atoms with Gasteiger partial charge in [0.05, 0.1) is 12.1 Å². The van der Waals surface area contributed by atoms with Crippen LogP contribution in [0.15, 0.2) is 0 Å². The summed E-state index contributed by atoms with van der Waals surface area (Å²) in [4.78, 5) is 27.7. The predicted molar refractivity (Wildman–Crippen MR) is 109 cm³/mol. The minimum atomic E-state index is -0.731. The van der Waals surface area contributed by atoms with Crippen LogP contribution in [0.25, 0.3) is 0 Å². The van der Waals surface area contributed by atoms with Gasteiger partial charge in [0.2, 0.25) is 5.91 Å². The summed E-state index contributed by atoms with van der Waals surface area (Å²) in [6, 6.07) is 0.786. The van der Waals surface area contributed by atoms with Crippen LogP contribution in [0.4, 0.5) is 0 Å². The molecule has 6 aliphatic rings. The standard InChI is InChI=1S/C21H30N4O3S/c22-8-14-2-13-3-16(13)25(14)18(26)17(24)20-4-11-1-12(5-20)7-21(6-11,10-20)28-19(27)15(23)9-29/h11-17,29H,1-7,9-10,23-24H2/t11-,12?,13?,14-,15+,16?,17+,20?,21?/m0/s1. The maximum Gasteiger partial charge on any atom is 0.324 e. The van der Waals surface area contributed by atoms with E-state index in [0.717, 1.165) is 44.9 Å². The maximum absolute atomic E-state index is 13.5. The minimum absolute atomic E-state index is 0.0722. The monoisotopic (exact) mass is 418 g/mol. The highest BCUT2D eigenvalue weighted by Crippen LogP contribution is 2.64. The van der Waals surface area contributed by atoms with Crippen LogP contribution in [0.2, 0.25) is 0 Å². The molecule has 4 bridgehead atoms. The zero-order valence-corrected chi connectivity index (χ0v) is 17.5. The Morgan fingerprint density at radius 1 is 1.17 bits per heavy atom. The van der Waals surface area contributed by atoms with Crippen molar-refractivity contribution in [2.24, 2.45) is 34.6 Å². The molecule has 5 saturated carbocycles. The molecule has 0 aromatic carbocycles. The van der Waals surface area contributed by atoms with Gasteiger partial charge in [0.25, 0.3) is 0 Å². The Kier molecular flexibility index (Phi) is 4.47. The molecule has 29 heavy (non-hydrogen) atoms. The number of thiol groups is 1. The number of piperidine rings is 1. The number of amides is 1. The highest BCUT2D eigenvalue weighted by molar-refractivity contribution is 7.80. The van der Waals surface area contributed by atoms with Crippen LogP contribution in [0, 0.1) is 34.5 Å². The van der Waals surface area contributed by atoms with E-state index in [1.165, 1.54) is 0 Å². The Morgan fingerprint density at radius 2 is 1.86 bits per heavy atom. The smallest absolute Gasteiger partial charge is 0.324 e. The van der Waals surface area contributed by atoms with Gasteiger partial charge < -0.3 is 21.1 Å². The Labute approximate surface area is 176 Å². The van der Waals surface area contributed by atoms with Crippen molar-refractivity contribution in [1.29, 1.82) is 5.26 Å². The number of fused-ring (bicyclic) bond motifs is 1. The van der Waals surface area contributed by atoms with Crippen molar-refractivity contribution in [2.75, 3.05) is 5.75 Å². The molecule has 0 aromatic rings. The van der Waals surface area contributed by atoms with Gasteiger partial charge >= 0.3 is 5.97 Å². The van der Waals surface area contributed by atoms with E-state index in [4.69, 9.17) is 16.2 Å². The molecular formula is C21H30N4O3S. The minimum Gasteiger partial charge on any atom is -0.458 e. The predicted octanol–water partition coefficient (Wildman–Crippen LogP) is 0.966. The molecule has 6 rings (SSSR count). The second-order valence-electron chi connectivity index (χ2n) is 10.4. The van der Waals surface area contributed by atoms with E-state index in [1.807, 2.05) is 0 Å². The lowest BCUT2D eigenvalue weighted by molar-refractivity contribution is -0.206. The first-order chi connectivity index (χ1) is 13.8. The molecular weight excluding hydrogens is 388 g/mol. The van der Waals surface area contributed by atoms with E-state index in [0.29, 0.717) is 24.2 Å². The van der Waals surface area contributed by atoms with Crippen molar-refractivity contribution in [3.63, 3.8) is 0 Å². The van der Waals surface area contributed by atoms with E-state index in [2.05, 4.69) is 18.7 Å². The molecule has 0 aromatic heterocycles. The molecule has 1 saturated heterocycles. The lowest BCUT2D eigenvalue weighted by atomic mass is 9.46. The average Bonchev–Trinajstić information content (AvgIpc) is 3.34. The number of esters is 1. The normalized spacial score (nSPS) is 46.0. The number of likely N-dealkylation sites (tertiary alicyclic amines) is 1. The molecule has 5 unspecified atom stereocenters. The number of nitrogens with two attached hydrogens (primary N) is 2. The van der Waals surface area contributed by atoms with Gasteiger partial charge in [-0.3, -0.25) is 9.59 Å². The van der Waals surface area contributed by atoms with Crippen LogP contribution in [-0.2, 0) is 14.3 Å². The first-order valence-electron chi connectivity index (χ1n) is 10.9. The summed E-state index contributed by atoms with van der Waals surface area (Å²) >= 11 is 4.12. The van der Waals surface area contributed by atoms with Gasteiger partial charge in [-0.2, -0.15) is 17.9 Å². The zero-order chi connectivity index (χ0) is 20.6. The second kappa shape index (κ2) is 6.60. The number of nitrogens with zero attached hydrogens (tertiary/aromatic N) is 2. The summed E-state index contributed by atoms with van der Waals surface area (Å²) in [6.45, 7) is 0. The van der Waals surface area contributed by atoms with Crippen molar-refractivity contribution < 1.29 is 14.3 Å². The quantitative estimate of drug-likeness (QED) is 0.452. The van der Waals surface area contributed by atoms with E-state index in [-0.39, 0.29) is 29.2 Å². The summed E-state index contributed by atoms with van der Waals surface area (Å²) in [6.07, 6.45) is 7.03. The summed E-state index contributed by atoms with van der Waals surface area (Å²) in [7, 11) is 0. The lowest BCUT2D eigenvalue weighted by Gasteiger charge is -2.62. The highest BCUT2D eigenvalue weighted by Gasteiger charge is 2.64. The Bertz CT molecular complexity index is 768. The number of rotatable bonds is 5. The van der Waals surface area contributed by atoms with Crippen LogP contribution in [0.3, 0.4) is 0 Å². The zero-order valence-electron chi connectivity index (χ0n) is 16.6. The largest absolute Gasteiger partial charge is 0.458 e. The Hall–Kier alpha value is -1.30. The molecule has 0 spiro atoms. The van der Waals surface area contributed by atoms with Crippen LogP contribution >= 0.6 is 12.6 Å². The molecule has 5 aliphatic carbocycles. The molecule has 1 amide bonds. The fourth-order valence-corrected chi connectivity index (χ4v) is 7.56. The van der Waals surface area contributed by atoms with Crippen LogP contribution in [0.5, 0.6) is 0 Å². The highest BCUT2D eigenvalue weighted by atomic mass is 32.1. The van der Waals surface area contributed by atoms with Crippen molar-refractivity contribution in [3.8, 4) is 6.07 Å². The molecule has 1 aliphatic heterocycles. The summed E-state index contributed by atoms with van der Waals surface area (Å²) < 4.78 is 6.01. The Morgan fingerprint density at radius 3 is 2.48 bits per heavy atom. The summed E-state index contributed by atoms with van der Waals surface area (Å²) in [5.41, 5.74) is 11.6. The first kappa shape index (κ1) is 19.7. The Balaban J connectivity index is 1.39. The summed E-state index contributed by atoms with van der Waals surface area (Å²) in [5, 5.41) is 9.49. The van der Waals surface area contributed by atoms with E-state index in [9.17, 15) is 14.9 Å². The number of nitriles is 1. The fraction of sp³-hybridized carbons (Fsp3) is 0.857. The molecule has 7 nitrogen and oxygen atoms in total. The van der Waals surface area contributed by atoms with Crippen LogP contribution in [-0.4, -0.2) is 52.3 Å². The molecule has 6 fully saturated rings. The number of hydrogen-bond acceptors (Lipinski definition) is 7. The van der Waals surface area contributed by atoms with Crippen molar-refractivity contribution in [2.45, 2.75) is 81.1 Å². The van der Waals surface area contributed by atoms with E-state index >= 15 is 0 Å². The lowest BCUT2D eigenvalue weighted by Crippen LogP contribution is -2.66. The van der Waals surface area contributed by atoms with Gasteiger partial charge in [0.1, 0.15) is 17.7 Å². The molecule has 8 heteroatoms. The third-order valence-electron chi connectivity index (χ3n) is 8.30. The van der Waals surface area contributed by atoms with Gasteiger partial charge in [0.15, 0.2) is 0 Å². The number of carbonyl (C=O) groups is 2. The van der Waals surface area contributed by atoms with Crippen LogP contribution in [0.1, 0.15) is 51.4 Å². The molecule has 1 heterocycles. The van der Waals surface area contributed by atoms with Gasteiger partial charge in [-0.25, -0.2) is 0 Å². The van der Waals surface area contributed by atoms with Gasteiger partial charge in [-0.05, 0) is 74.5 Å². The number of hydrogen-bond donors (Lipinski definition) is 3. The van der Waals surface area contributed by atoms with Crippen LogP contribution < -0.4 is 11.5 Å². The second-order valence-corrected chi connectivity index (χ2v) is 10.7. The molecule has 0 radical (unpaired) electrons. The number of carbonyl (C=O) groups excluding carboxylic acids is 2. The molecule has 9 atom stereocenters. The first-order valence-corrected chi connectivity index (χ1v) is 11.5. The van der Waals surface area contributed by atoms with Gasteiger partial charge in [-0.15, -0.1) is 0 Å². The fourth-order valence-electron chi connectivity index (χ4n) is 7.41. The topological polar surface area (TPSA) is 122 Å². The SMILES string of the molecule is N#C[C@@H]1CC2CC2N1C(=O)[C@@H](N)C12CC3C[C@H](CC(OC(=O)[C@H](N)CS)(C3)C1)C2. The summed E-state index contributed by atoms with van der Waals surface area (Å²) in [5.74, 6) is 1.10. The van der Waals surface area contributed by atoms with Gasteiger partial charge in [-0.1, -0.05) is 0 Å². The van der Waals surface area contributed by atoms with Crippen molar-refractivity contribution in [1.82, 2.24) is 4.90 Å². The number of ether oxygens (including phenoxy) is 1. The maximum atomic E-state index is 13.5. The third-order valence-corrected chi connectivity index (χ3v) is 8.70. The average molecular weight is 419 g/mol. The van der Waals surface area contributed by atoms with E-state index in [1.54, 1.807) is 4.90 Å². The van der Waals surface area contributed by atoms with Gasteiger partial charge in [0, 0.05) is 11.8 Å². The van der Waals surface area contributed by atoms with E-state index < -0.39 is 23.7 Å². The molecule has 4 N–H and O–H groups in total. The van der Waals surface area contributed by atoms with Crippen molar-refractivity contribution >= 4 is 24.5 Å². The van der Waals surface area contributed by atoms with Crippen molar-refractivity contribution in [3.05, 3.63) is 0 Å².